The fourth-order valence-corrected chi connectivity index (χ4v) is 2.64. The average molecular weight is 327 g/mol. The van der Waals surface area contributed by atoms with Crippen molar-refractivity contribution in [3.05, 3.63) is 53.1 Å². The Morgan fingerprint density at radius 2 is 1.90 bits per heavy atom. The van der Waals surface area contributed by atoms with Crippen LogP contribution in [0.3, 0.4) is 0 Å². The Labute approximate surface area is 128 Å². The maximum atomic E-state index is 11.5. The van der Waals surface area contributed by atoms with Gasteiger partial charge in [0, 0.05) is 6.26 Å². The van der Waals surface area contributed by atoms with Crippen molar-refractivity contribution in [1.29, 1.82) is 0 Å². The normalized spacial score (nSPS) is 13.0. The molecule has 0 heterocycles. The van der Waals surface area contributed by atoms with Gasteiger partial charge in [-0.05, 0) is 42.8 Å². The zero-order chi connectivity index (χ0) is 15.6. The fourth-order valence-electron chi connectivity index (χ4n) is 1.76. The smallest absolute Gasteiger partial charge is 0.175 e. The second-order valence-electron chi connectivity index (χ2n) is 4.71. The van der Waals surface area contributed by atoms with E-state index in [0.29, 0.717) is 22.1 Å². The van der Waals surface area contributed by atoms with Crippen LogP contribution in [0.15, 0.2) is 47.4 Å². The summed E-state index contributed by atoms with van der Waals surface area (Å²) in [6.45, 7) is 1.64. The standard InChI is InChI=1S/C15H15ClO4S/c1-10(17)11-6-7-15(14(16)8-11)20-12-4-3-5-13(9-12)21(2,18)19/h3-10,17H,1-2H3. The van der Waals surface area contributed by atoms with Crippen LogP contribution in [-0.2, 0) is 9.84 Å². The molecule has 2 aromatic rings. The summed E-state index contributed by atoms with van der Waals surface area (Å²) in [4.78, 5) is 0.178. The number of benzene rings is 2. The van der Waals surface area contributed by atoms with Gasteiger partial charge in [-0.15, -0.1) is 0 Å². The maximum Gasteiger partial charge on any atom is 0.175 e. The van der Waals surface area contributed by atoms with Crippen molar-refractivity contribution in [3.63, 3.8) is 0 Å². The van der Waals surface area contributed by atoms with Crippen LogP contribution in [0.1, 0.15) is 18.6 Å². The predicted octanol–water partition coefficient (Wildman–Crippen LogP) is 3.59. The summed E-state index contributed by atoms with van der Waals surface area (Å²) >= 11 is 6.10. The number of ether oxygens (including phenoxy) is 1. The van der Waals surface area contributed by atoms with E-state index in [1.807, 2.05) is 0 Å². The summed E-state index contributed by atoms with van der Waals surface area (Å²) in [6, 6.07) is 11.1. The minimum absolute atomic E-state index is 0.178. The third-order valence-corrected chi connectivity index (χ3v) is 4.31. The molecule has 0 saturated heterocycles. The zero-order valence-corrected chi connectivity index (χ0v) is 13.1. The van der Waals surface area contributed by atoms with Crippen LogP contribution in [0, 0.1) is 0 Å². The first-order valence-electron chi connectivity index (χ1n) is 6.23. The van der Waals surface area contributed by atoms with Gasteiger partial charge in [0.15, 0.2) is 9.84 Å². The Morgan fingerprint density at radius 3 is 2.48 bits per heavy atom. The highest BCUT2D eigenvalue weighted by Gasteiger charge is 2.10. The van der Waals surface area contributed by atoms with E-state index in [1.54, 1.807) is 37.3 Å². The second kappa shape index (κ2) is 6.05. The molecule has 0 fully saturated rings. The van der Waals surface area contributed by atoms with Gasteiger partial charge in [-0.1, -0.05) is 23.7 Å². The van der Waals surface area contributed by atoms with Crippen LogP contribution in [0.2, 0.25) is 5.02 Å². The molecule has 2 rings (SSSR count). The number of hydrogen-bond acceptors (Lipinski definition) is 4. The highest BCUT2D eigenvalue weighted by Crippen LogP contribution is 2.32. The summed E-state index contributed by atoms with van der Waals surface area (Å²) in [5.74, 6) is 0.774. The number of aliphatic hydroxyl groups excluding tert-OH is 1. The van der Waals surface area contributed by atoms with Crippen molar-refractivity contribution >= 4 is 21.4 Å². The molecule has 0 aliphatic carbocycles. The van der Waals surface area contributed by atoms with Gasteiger partial charge in [0.05, 0.1) is 16.0 Å². The quantitative estimate of drug-likeness (QED) is 0.932. The van der Waals surface area contributed by atoms with Gasteiger partial charge >= 0.3 is 0 Å². The van der Waals surface area contributed by atoms with Gasteiger partial charge in [-0.25, -0.2) is 8.42 Å². The number of rotatable bonds is 4. The van der Waals surface area contributed by atoms with E-state index in [9.17, 15) is 13.5 Å². The van der Waals surface area contributed by atoms with Crippen LogP contribution < -0.4 is 4.74 Å². The lowest BCUT2D eigenvalue weighted by molar-refractivity contribution is 0.199. The molecule has 6 heteroatoms. The lowest BCUT2D eigenvalue weighted by atomic mass is 10.1. The summed E-state index contributed by atoms with van der Waals surface area (Å²) in [5.41, 5.74) is 0.678. The molecule has 112 valence electrons. The average Bonchev–Trinajstić information content (AvgIpc) is 2.40. The van der Waals surface area contributed by atoms with E-state index in [-0.39, 0.29) is 4.90 Å². The van der Waals surface area contributed by atoms with Gasteiger partial charge in [0.1, 0.15) is 11.5 Å². The highest BCUT2D eigenvalue weighted by atomic mass is 35.5. The first-order chi connectivity index (χ1) is 9.77. The first-order valence-corrected chi connectivity index (χ1v) is 8.50. The number of sulfone groups is 1. The molecular weight excluding hydrogens is 312 g/mol. The molecule has 0 aromatic heterocycles. The Balaban J connectivity index is 2.31. The molecular formula is C15H15ClO4S. The lowest BCUT2D eigenvalue weighted by Crippen LogP contribution is -1.97. The molecule has 4 nitrogen and oxygen atoms in total. The molecule has 0 aliphatic rings. The summed E-state index contributed by atoms with van der Waals surface area (Å²) in [5, 5.41) is 9.83. The van der Waals surface area contributed by atoms with Crippen LogP contribution >= 0.6 is 11.6 Å². The largest absolute Gasteiger partial charge is 0.456 e. The highest BCUT2D eigenvalue weighted by molar-refractivity contribution is 7.90. The van der Waals surface area contributed by atoms with Crippen LogP contribution in [0.4, 0.5) is 0 Å². The van der Waals surface area contributed by atoms with Crippen molar-refractivity contribution in [2.45, 2.75) is 17.9 Å². The van der Waals surface area contributed by atoms with E-state index in [2.05, 4.69) is 0 Å². The molecule has 1 atom stereocenters. The maximum absolute atomic E-state index is 11.5. The first kappa shape index (κ1) is 15.8. The number of aliphatic hydroxyl groups is 1. The molecule has 0 spiro atoms. The SMILES string of the molecule is CC(O)c1ccc(Oc2cccc(S(C)(=O)=O)c2)c(Cl)c1. The van der Waals surface area contributed by atoms with E-state index < -0.39 is 15.9 Å². The molecule has 2 aromatic carbocycles. The lowest BCUT2D eigenvalue weighted by Gasteiger charge is -2.11. The van der Waals surface area contributed by atoms with Gasteiger partial charge in [-0.3, -0.25) is 0 Å². The minimum atomic E-state index is -3.29. The van der Waals surface area contributed by atoms with Crippen LogP contribution in [-0.4, -0.2) is 19.8 Å². The zero-order valence-electron chi connectivity index (χ0n) is 11.6. The third kappa shape index (κ3) is 3.97. The number of halogens is 1. The van der Waals surface area contributed by atoms with Crippen LogP contribution in [0.5, 0.6) is 11.5 Å². The van der Waals surface area contributed by atoms with Crippen molar-refractivity contribution < 1.29 is 18.3 Å². The predicted molar refractivity (Wildman–Crippen MR) is 81.7 cm³/mol. The second-order valence-corrected chi connectivity index (χ2v) is 7.14. The summed E-state index contributed by atoms with van der Waals surface area (Å²) in [7, 11) is -3.29. The van der Waals surface area contributed by atoms with E-state index in [1.165, 1.54) is 12.1 Å². The third-order valence-electron chi connectivity index (χ3n) is 2.90. The molecule has 0 saturated carbocycles. The Hall–Kier alpha value is -1.56. The van der Waals surface area contributed by atoms with Gasteiger partial charge in [0.25, 0.3) is 0 Å². The Kier molecular flexibility index (Phi) is 4.56. The monoisotopic (exact) mass is 326 g/mol. The van der Waals surface area contributed by atoms with Crippen LogP contribution in [0.25, 0.3) is 0 Å². The molecule has 1 N–H and O–H groups in total. The van der Waals surface area contributed by atoms with Crippen molar-refractivity contribution in [2.75, 3.05) is 6.26 Å². The Bertz CT molecular complexity index is 754. The van der Waals surface area contributed by atoms with E-state index in [4.69, 9.17) is 16.3 Å². The van der Waals surface area contributed by atoms with Crippen molar-refractivity contribution in [3.8, 4) is 11.5 Å². The summed E-state index contributed by atoms with van der Waals surface area (Å²) in [6.07, 6.45) is 0.515. The fraction of sp³-hybridized carbons (Fsp3) is 0.200. The molecule has 1 unspecified atom stereocenters. The van der Waals surface area contributed by atoms with Gasteiger partial charge in [-0.2, -0.15) is 0 Å². The van der Waals surface area contributed by atoms with E-state index in [0.717, 1.165) is 6.26 Å². The molecule has 0 bridgehead atoms. The van der Waals surface area contributed by atoms with Gasteiger partial charge in [0.2, 0.25) is 0 Å². The Morgan fingerprint density at radius 1 is 1.19 bits per heavy atom. The number of hydrogen-bond donors (Lipinski definition) is 1. The molecule has 0 radical (unpaired) electrons. The summed E-state index contributed by atoms with van der Waals surface area (Å²) < 4.78 is 28.6. The molecule has 21 heavy (non-hydrogen) atoms. The molecule has 0 amide bonds. The topological polar surface area (TPSA) is 63.6 Å². The van der Waals surface area contributed by atoms with Gasteiger partial charge < -0.3 is 9.84 Å². The minimum Gasteiger partial charge on any atom is -0.456 e. The van der Waals surface area contributed by atoms with E-state index >= 15 is 0 Å². The molecule has 0 aliphatic heterocycles. The van der Waals surface area contributed by atoms with Crippen molar-refractivity contribution in [1.82, 2.24) is 0 Å². The van der Waals surface area contributed by atoms with Crippen molar-refractivity contribution in [2.24, 2.45) is 0 Å².